The molecule has 2 atom stereocenters. The van der Waals surface area contributed by atoms with Gasteiger partial charge in [0.25, 0.3) is 0 Å². The molecule has 0 aliphatic carbocycles. The van der Waals surface area contributed by atoms with E-state index in [0.29, 0.717) is 25.4 Å². The van der Waals surface area contributed by atoms with Crippen LogP contribution in [0.3, 0.4) is 0 Å². The molecule has 2 nitrogen and oxygen atoms in total. The molecule has 0 radical (unpaired) electrons. The molecule has 0 spiro atoms. The molecule has 0 aromatic rings. The first-order valence-corrected chi connectivity index (χ1v) is 6.46. The summed E-state index contributed by atoms with van der Waals surface area (Å²) in [4.78, 5) is 11.3. The molecule has 0 aromatic heterocycles. The van der Waals surface area contributed by atoms with E-state index in [1.165, 1.54) is 0 Å². The molecule has 0 heterocycles. The van der Waals surface area contributed by atoms with E-state index < -0.39 is 6.85 Å². The van der Waals surface area contributed by atoms with E-state index >= 15 is 0 Å². The maximum Gasteiger partial charge on any atom is 0.305 e. The number of hydrogen-bond donors (Lipinski definition) is 0. The summed E-state index contributed by atoms with van der Waals surface area (Å²) >= 11 is 0. The second-order valence-electron chi connectivity index (χ2n) is 4.48. The fourth-order valence-corrected chi connectivity index (χ4v) is 1.59. The van der Waals surface area contributed by atoms with Gasteiger partial charge in [0.05, 0.1) is 6.61 Å². The van der Waals surface area contributed by atoms with Crippen molar-refractivity contribution in [2.45, 2.75) is 66.1 Å². The molecule has 16 heavy (non-hydrogen) atoms. The Hall–Kier alpha value is -0.530. The first-order valence-electron chi connectivity index (χ1n) is 7.96. The summed E-state index contributed by atoms with van der Waals surface area (Å²) in [5, 5.41) is 0. The Kier molecular flexibility index (Phi) is 6.42. The van der Waals surface area contributed by atoms with E-state index in [9.17, 15) is 4.79 Å². The molecule has 0 saturated heterocycles. The third kappa shape index (κ3) is 8.75. The molecule has 0 aliphatic rings. The molecule has 0 fully saturated rings. The fourth-order valence-electron chi connectivity index (χ4n) is 1.59. The maximum atomic E-state index is 11.3. The third-order valence-electron chi connectivity index (χ3n) is 2.95. The van der Waals surface area contributed by atoms with Gasteiger partial charge in [0.1, 0.15) is 0 Å². The minimum Gasteiger partial charge on any atom is -0.466 e. The van der Waals surface area contributed by atoms with Crippen LogP contribution in [0.25, 0.3) is 0 Å². The minimum absolute atomic E-state index is 0.209. The summed E-state index contributed by atoms with van der Waals surface area (Å²) in [6, 6.07) is 0. The molecule has 0 saturated carbocycles. The summed E-state index contributed by atoms with van der Waals surface area (Å²) in [6.45, 7) is 4.47. The Labute approximate surface area is 105 Å². The Bertz CT molecular complexity index is 252. The van der Waals surface area contributed by atoms with Gasteiger partial charge in [-0.2, -0.15) is 0 Å². The topological polar surface area (TPSA) is 26.3 Å². The van der Waals surface area contributed by atoms with Crippen LogP contribution in [-0.4, -0.2) is 12.6 Å². The van der Waals surface area contributed by atoms with E-state index in [0.717, 1.165) is 19.3 Å². The number of rotatable bonds is 9. The zero-order valence-electron chi connectivity index (χ0n) is 13.9. The zero-order valence-corrected chi connectivity index (χ0v) is 10.9. The maximum absolute atomic E-state index is 11.3. The fraction of sp³-hybridized carbons (Fsp3) is 0.929. The van der Waals surface area contributed by atoms with Crippen molar-refractivity contribution in [1.29, 1.82) is 0 Å². The standard InChI is InChI=1S/C14H28O2/c1-5-12(3)8-7-9-13(4)10-11-14(15)16-6-2/h12-13H,5-11H2,1-4H3/i4D3. The van der Waals surface area contributed by atoms with Crippen LogP contribution in [0.1, 0.15) is 70.3 Å². The van der Waals surface area contributed by atoms with Crippen molar-refractivity contribution in [3.8, 4) is 0 Å². The normalized spacial score (nSPS) is 18.1. The van der Waals surface area contributed by atoms with Crippen molar-refractivity contribution < 1.29 is 13.6 Å². The second-order valence-corrected chi connectivity index (χ2v) is 4.48. The largest absolute Gasteiger partial charge is 0.466 e. The van der Waals surface area contributed by atoms with Crippen LogP contribution >= 0.6 is 0 Å². The summed E-state index contributed by atoms with van der Waals surface area (Å²) < 4.78 is 27.5. The summed E-state index contributed by atoms with van der Waals surface area (Å²) in [6.07, 6.45) is 4.38. The molecule has 2 heteroatoms. The smallest absolute Gasteiger partial charge is 0.305 e. The second kappa shape index (κ2) is 9.68. The van der Waals surface area contributed by atoms with Crippen LogP contribution in [-0.2, 0) is 9.53 Å². The van der Waals surface area contributed by atoms with Gasteiger partial charge in [-0.05, 0) is 25.2 Å². The van der Waals surface area contributed by atoms with Crippen molar-refractivity contribution in [2.75, 3.05) is 6.61 Å². The monoisotopic (exact) mass is 231 g/mol. The Morgan fingerprint density at radius 1 is 1.25 bits per heavy atom. The Morgan fingerprint density at radius 2 is 1.94 bits per heavy atom. The quantitative estimate of drug-likeness (QED) is 0.556. The van der Waals surface area contributed by atoms with Gasteiger partial charge in [-0.15, -0.1) is 0 Å². The number of esters is 1. The van der Waals surface area contributed by atoms with Gasteiger partial charge in [-0.1, -0.05) is 46.4 Å². The molecule has 0 N–H and O–H groups in total. The van der Waals surface area contributed by atoms with E-state index in [-0.39, 0.29) is 18.3 Å². The van der Waals surface area contributed by atoms with E-state index in [2.05, 4.69) is 13.8 Å². The first kappa shape index (κ1) is 10.6. The lowest BCUT2D eigenvalue weighted by atomic mass is 9.94. The van der Waals surface area contributed by atoms with Crippen molar-refractivity contribution in [1.82, 2.24) is 0 Å². The van der Waals surface area contributed by atoms with Gasteiger partial charge in [-0.3, -0.25) is 4.79 Å². The summed E-state index contributed by atoms with van der Waals surface area (Å²) in [5.74, 6) is -0.0399. The molecule has 0 aromatic carbocycles. The Morgan fingerprint density at radius 3 is 2.50 bits per heavy atom. The molecule has 0 amide bonds. The van der Waals surface area contributed by atoms with Crippen molar-refractivity contribution in [2.24, 2.45) is 11.8 Å². The number of carbonyl (C=O) groups excluding carboxylic acids is 1. The first-order chi connectivity index (χ1) is 8.81. The summed E-state index contributed by atoms with van der Waals surface area (Å²) in [7, 11) is 0. The van der Waals surface area contributed by atoms with Gasteiger partial charge in [0, 0.05) is 10.5 Å². The van der Waals surface area contributed by atoms with E-state index in [1.54, 1.807) is 6.92 Å². The number of ether oxygens (including phenoxy) is 1. The SMILES string of the molecule is [2H]C([2H])([2H])C(CCCC(C)CC)CCC(=O)OCC. The van der Waals surface area contributed by atoms with E-state index in [1.807, 2.05) is 0 Å². The van der Waals surface area contributed by atoms with Gasteiger partial charge < -0.3 is 4.74 Å². The molecule has 0 aliphatic heterocycles. The molecule has 96 valence electrons. The van der Waals surface area contributed by atoms with E-state index in [4.69, 9.17) is 8.85 Å². The van der Waals surface area contributed by atoms with Crippen molar-refractivity contribution >= 4 is 5.97 Å². The average molecular weight is 231 g/mol. The summed E-state index contributed by atoms with van der Waals surface area (Å²) in [5.41, 5.74) is 0. The van der Waals surface area contributed by atoms with Crippen LogP contribution in [0.5, 0.6) is 0 Å². The highest BCUT2D eigenvalue weighted by atomic mass is 16.5. The highest BCUT2D eigenvalue weighted by molar-refractivity contribution is 5.69. The average Bonchev–Trinajstić information content (AvgIpc) is 2.31. The predicted octanol–water partition coefficient (Wildman–Crippen LogP) is 4.18. The molecule has 0 rings (SSSR count). The van der Waals surface area contributed by atoms with Crippen molar-refractivity contribution in [3.05, 3.63) is 0 Å². The highest BCUT2D eigenvalue weighted by Crippen LogP contribution is 2.18. The minimum atomic E-state index is -1.97. The van der Waals surface area contributed by atoms with Gasteiger partial charge in [-0.25, -0.2) is 0 Å². The number of carbonyl (C=O) groups is 1. The van der Waals surface area contributed by atoms with Gasteiger partial charge in [0.2, 0.25) is 0 Å². The zero-order chi connectivity index (χ0) is 14.9. The molecular formula is C14H28O2. The van der Waals surface area contributed by atoms with Crippen LogP contribution in [0, 0.1) is 11.8 Å². The lowest BCUT2D eigenvalue weighted by Crippen LogP contribution is -2.06. The number of hydrogen-bond acceptors (Lipinski definition) is 2. The van der Waals surface area contributed by atoms with Gasteiger partial charge in [0.15, 0.2) is 0 Å². The van der Waals surface area contributed by atoms with Crippen LogP contribution < -0.4 is 0 Å². The van der Waals surface area contributed by atoms with Crippen LogP contribution in [0.4, 0.5) is 0 Å². The molecule has 0 bridgehead atoms. The Balaban J connectivity index is 4.14. The molecular weight excluding hydrogens is 200 g/mol. The third-order valence-corrected chi connectivity index (χ3v) is 2.95. The lowest BCUT2D eigenvalue weighted by Gasteiger charge is -2.12. The molecule has 2 unspecified atom stereocenters. The van der Waals surface area contributed by atoms with Crippen LogP contribution in [0.15, 0.2) is 0 Å². The van der Waals surface area contributed by atoms with Gasteiger partial charge >= 0.3 is 5.97 Å². The van der Waals surface area contributed by atoms with Crippen LogP contribution in [0.2, 0.25) is 0 Å². The highest BCUT2D eigenvalue weighted by Gasteiger charge is 2.08. The van der Waals surface area contributed by atoms with Crippen molar-refractivity contribution in [3.63, 3.8) is 0 Å². The lowest BCUT2D eigenvalue weighted by molar-refractivity contribution is -0.143. The predicted molar refractivity (Wildman–Crippen MR) is 68.3 cm³/mol.